The zero-order valence-corrected chi connectivity index (χ0v) is 11.4. The van der Waals surface area contributed by atoms with E-state index in [0.717, 1.165) is 0 Å². The van der Waals surface area contributed by atoms with E-state index < -0.39 is 0 Å². The first kappa shape index (κ1) is 12.7. The average molecular weight is 287 g/mol. The third-order valence-electron chi connectivity index (χ3n) is 3.11. The van der Waals surface area contributed by atoms with E-state index in [1.807, 2.05) is 0 Å². The molecule has 0 aliphatic rings. The van der Waals surface area contributed by atoms with Crippen molar-refractivity contribution in [2.24, 2.45) is 0 Å². The third kappa shape index (κ3) is 1.94. The number of hydrogen-bond acceptors (Lipinski definition) is 3. The second-order valence-corrected chi connectivity index (χ2v) is 4.86. The summed E-state index contributed by atoms with van der Waals surface area (Å²) in [6.07, 6.45) is 0. The van der Waals surface area contributed by atoms with Crippen LogP contribution in [0.1, 0.15) is 5.82 Å². The average Bonchev–Trinajstić information content (AvgIpc) is 2.42. The molecule has 5 heteroatoms. The molecule has 0 radical (unpaired) electrons. The van der Waals surface area contributed by atoms with Gasteiger partial charge in [-0.05, 0) is 37.3 Å². The predicted molar refractivity (Wildman–Crippen MR) is 78.8 cm³/mol. The molecule has 0 atom stereocenters. The summed E-state index contributed by atoms with van der Waals surface area (Å²) in [6.45, 7) is 1.75. The minimum atomic E-state index is -0.253. The van der Waals surface area contributed by atoms with Crippen LogP contribution in [-0.4, -0.2) is 14.7 Å². The highest BCUT2D eigenvalue weighted by Crippen LogP contribution is 2.21. The van der Waals surface area contributed by atoms with Crippen LogP contribution in [0.3, 0.4) is 0 Å². The number of benzene rings is 2. The Hall–Kier alpha value is -2.33. The summed E-state index contributed by atoms with van der Waals surface area (Å²) in [4.78, 5) is 17.0. The molecular weight excluding hydrogens is 276 g/mol. The van der Waals surface area contributed by atoms with Crippen LogP contribution in [-0.2, 0) is 0 Å². The minimum Gasteiger partial charge on any atom is -0.508 e. The number of nitrogens with zero attached hydrogens (tertiary/aromatic N) is 2. The van der Waals surface area contributed by atoms with Gasteiger partial charge in [0.15, 0.2) is 0 Å². The molecule has 0 aliphatic carbocycles. The third-order valence-corrected chi connectivity index (χ3v) is 3.43. The standard InChI is InChI=1S/C15H11ClN2O2/c1-9-17-13-7-6-10(19)8-11(13)15(20)18(9)14-5-3-2-4-12(14)16/h2-8,19H,1H3. The number of hydrogen-bond donors (Lipinski definition) is 1. The lowest BCUT2D eigenvalue weighted by Gasteiger charge is -2.12. The lowest BCUT2D eigenvalue weighted by molar-refractivity contribution is 0.476. The maximum Gasteiger partial charge on any atom is 0.266 e. The van der Waals surface area contributed by atoms with E-state index in [2.05, 4.69) is 4.98 Å². The topological polar surface area (TPSA) is 55.1 Å². The Bertz CT molecular complexity index is 871. The summed E-state index contributed by atoms with van der Waals surface area (Å²) in [5, 5.41) is 10.4. The van der Waals surface area contributed by atoms with Crippen LogP contribution >= 0.6 is 11.6 Å². The molecular formula is C15H11ClN2O2. The fourth-order valence-electron chi connectivity index (χ4n) is 2.20. The maximum absolute atomic E-state index is 12.6. The molecule has 2 aromatic carbocycles. The zero-order valence-electron chi connectivity index (χ0n) is 10.7. The molecule has 1 aromatic heterocycles. The van der Waals surface area contributed by atoms with Crippen molar-refractivity contribution in [3.63, 3.8) is 0 Å². The molecule has 0 fully saturated rings. The molecule has 1 N–H and O–H groups in total. The van der Waals surface area contributed by atoms with Crippen LogP contribution in [0.4, 0.5) is 0 Å². The van der Waals surface area contributed by atoms with Crippen molar-refractivity contribution in [3.8, 4) is 11.4 Å². The number of phenols is 1. The molecule has 0 bridgehead atoms. The summed E-state index contributed by atoms with van der Waals surface area (Å²) in [5.41, 5.74) is 0.875. The number of halogens is 1. The first-order valence-corrected chi connectivity index (χ1v) is 6.43. The molecule has 3 rings (SSSR count). The van der Waals surface area contributed by atoms with Gasteiger partial charge >= 0.3 is 0 Å². The summed E-state index contributed by atoms with van der Waals surface area (Å²) in [5.74, 6) is 0.576. The molecule has 1 heterocycles. The molecule has 3 aromatic rings. The molecule has 0 spiro atoms. The molecule has 100 valence electrons. The van der Waals surface area contributed by atoms with Gasteiger partial charge in [-0.1, -0.05) is 23.7 Å². The number of para-hydroxylation sites is 1. The fraction of sp³-hybridized carbons (Fsp3) is 0.0667. The Kier molecular flexibility index (Phi) is 2.95. The summed E-state index contributed by atoms with van der Waals surface area (Å²) >= 11 is 6.15. The van der Waals surface area contributed by atoms with Gasteiger partial charge < -0.3 is 5.11 Å². The normalized spacial score (nSPS) is 10.9. The number of rotatable bonds is 1. The number of aryl methyl sites for hydroxylation is 1. The van der Waals surface area contributed by atoms with Crippen molar-refractivity contribution >= 4 is 22.5 Å². The minimum absolute atomic E-state index is 0.0333. The fourth-order valence-corrected chi connectivity index (χ4v) is 2.42. The Morgan fingerprint density at radius 2 is 1.95 bits per heavy atom. The largest absolute Gasteiger partial charge is 0.508 e. The summed E-state index contributed by atoms with van der Waals surface area (Å²) < 4.78 is 1.45. The quantitative estimate of drug-likeness (QED) is 0.748. The smallest absolute Gasteiger partial charge is 0.266 e. The van der Waals surface area contributed by atoms with E-state index in [4.69, 9.17) is 11.6 Å². The number of aromatic hydroxyl groups is 1. The first-order valence-electron chi connectivity index (χ1n) is 6.05. The Morgan fingerprint density at radius 1 is 1.20 bits per heavy atom. The highest BCUT2D eigenvalue weighted by atomic mass is 35.5. The highest BCUT2D eigenvalue weighted by Gasteiger charge is 2.12. The van der Waals surface area contributed by atoms with Gasteiger partial charge in [0, 0.05) is 0 Å². The van der Waals surface area contributed by atoms with Crippen LogP contribution in [0, 0.1) is 6.92 Å². The lowest BCUT2D eigenvalue weighted by Crippen LogP contribution is -2.22. The van der Waals surface area contributed by atoms with Crippen LogP contribution in [0.15, 0.2) is 47.3 Å². The zero-order chi connectivity index (χ0) is 14.3. The second kappa shape index (κ2) is 4.65. The van der Waals surface area contributed by atoms with Crippen LogP contribution in [0.5, 0.6) is 5.75 Å². The Labute approximate surface area is 119 Å². The first-order chi connectivity index (χ1) is 9.58. The maximum atomic E-state index is 12.6. The van der Waals surface area contributed by atoms with Gasteiger partial charge in [-0.2, -0.15) is 0 Å². The van der Waals surface area contributed by atoms with Gasteiger partial charge in [0.25, 0.3) is 5.56 Å². The van der Waals surface area contributed by atoms with Crippen molar-refractivity contribution in [1.29, 1.82) is 0 Å². The van der Waals surface area contributed by atoms with E-state index in [1.54, 1.807) is 37.3 Å². The number of aromatic nitrogens is 2. The van der Waals surface area contributed by atoms with Crippen LogP contribution in [0.25, 0.3) is 16.6 Å². The molecule has 20 heavy (non-hydrogen) atoms. The van der Waals surface area contributed by atoms with E-state index >= 15 is 0 Å². The van der Waals surface area contributed by atoms with E-state index in [1.165, 1.54) is 16.7 Å². The van der Waals surface area contributed by atoms with Gasteiger partial charge in [-0.3, -0.25) is 9.36 Å². The summed E-state index contributed by atoms with van der Waals surface area (Å²) in [6, 6.07) is 11.6. The Balaban J connectivity index is 2.43. The van der Waals surface area contributed by atoms with E-state index in [0.29, 0.717) is 27.4 Å². The van der Waals surface area contributed by atoms with E-state index in [9.17, 15) is 9.90 Å². The van der Waals surface area contributed by atoms with Gasteiger partial charge in [0.05, 0.1) is 21.6 Å². The van der Waals surface area contributed by atoms with E-state index in [-0.39, 0.29) is 11.3 Å². The molecule has 0 unspecified atom stereocenters. The highest BCUT2D eigenvalue weighted by molar-refractivity contribution is 6.32. The van der Waals surface area contributed by atoms with Crippen molar-refractivity contribution in [2.75, 3.05) is 0 Å². The van der Waals surface area contributed by atoms with Gasteiger partial charge in [0.2, 0.25) is 0 Å². The molecule has 0 saturated carbocycles. The van der Waals surface area contributed by atoms with Gasteiger partial charge in [0.1, 0.15) is 11.6 Å². The molecule has 0 aliphatic heterocycles. The van der Waals surface area contributed by atoms with Gasteiger partial charge in [-0.15, -0.1) is 0 Å². The molecule has 0 amide bonds. The van der Waals surface area contributed by atoms with Gasteiger partial charge in [-0.25, -0.2) is 4.98 Å². The predicted octanol–water partition coefficient (Wildman–Crippen LogP) is 3.05. The second-order valence-electron chi connectivity index (χ2n) is 4.45. The molecule has 4 nitrogen and oxygen atoms in total. The number of fused-ring (bicyclic) bond motifs is 1. The number of phenolic OH excluding ortho intramolecular Hbond substituents is 1. The monoisotopic (exact) mass is 286 g/mol. The van der Waals surface area contributed by atoms with Crippen molar-refractivity contribution in [3.05, 3.63) is 63.7 Å². The molecule has 0 saturated heterocycles. The lowest BCUT2D eigenvalue weighted by atomic mass is 10.2. The van der Waals surface area contributed by atoms with Crippen molar-refractivity contribution in [2.45, 2.75) is 6.92 Å². The van der Waals surface area contributed by atoms with Crippen LogP contribution in [0.2, 0.25) is 5.02 Å². The summed E-state index contributed by atoms with van der Waals surface area (Å²) in [7, 11) is 0. The van der Waals surface area contributed by atoms with Crippen molar-refractivity contribution < 1.29 is 5.11 Å². The van der Waals surface area contributed by atoms with Crippen molar-refractivity contribution in [1.82, 2.24) is 9.55 Å². The SMILES string of the molecule is Cc1nc2ccc(O)cc2c(=O)n1-c1ccccc1Cl. The van der Waals surface area contributed by atoms with Crippen LogP contribution < -0.4 is 5.56 Å². The Morgan fingerprint density at radius 3 is 2.70 bits per heavy atom.